The van der Waals surface area contributed by atoms with Crippen LogP contribution in [-0.4, -0.2) is 50.8 Å². The quantitative estimate of drug-likeness (QED) is 0.599. The molecule has 3 aromatic rings. The van der Waals surface area contributed by atoms with Crippen LogP contribution in [0, 0.1) is 5.82 Å². The Balaban J connectivity index is 1.76. The van der Waals surface area contributed by atoms with E-state index in [0.29, 0.717) is 23.9 Å². The molecule has 11 heteroatoms. The van der Waals surface area contributed by atoms with Gasteiger partial charge in [-0.3, -0.25) is 9.48 Å². The molecule has 0 radical (unpaired) electrons. The van der Waals surface area contributed by atoms with Crippen molar-refractivity contribution in [3.63, 3.8) is 0 Å². The van der Waals surface area contributed by atoms with E-state index >= 15 is 0 Å². The first-order chi connectivity index (χ1) is 15.2. The standard InChI is InChI=1S/C21H20F4N6O/c1-21(24,25)12-7-16(32)29-20-17(12)19(27-9-28-20)18-11-6-10(22)2-3-14(11)31(30-18)15-4-5-26-8-13(15)23/h2-3,6,9,12-13,15,26H,4-5,7-8H2,1H3,(H,27,28,29,32)/t12-,13-,15+/m1/s1. The number of nitrogens with zero attached hydrogens (tertiary/aromatic N) is 4. The molecular formula is C21H20F4N6O. The van der Waals surface area contributed by atoms with Crippen molar-refractivity contribution in [1.82, 2.24) is 25.1 Å². The van der Waals surface area contributed by atoms with Gasteiger partial charge in [0.15, 0.2) is 0 Å². The summed E-state index contributed by atoms with van der Waals surface area (Å²) in [7, 11) is 0. The zero-order valence-corrected chi connectivity index (χ0v) is 17.1. The molecule has 1 fully saturated rings. The lowest BCUT2D eigenvalue weighted by Crippen LogP contribution is -2.39. The average molecular weight is 448 g/mol. The third kappa shape index (κ3) is 3.40. The third-order valence-electron chi connectivity index (χ3n) is 6.07. The molecule has 0 bridgehead atoms. The number of halogens is 4. The van der Waals surface area contributed by atoms with Crippen LogP contribution in [0.4, 0.5) is 23.4 Å². The Kier molecular flexibility index (Phi) is 4.88. The van der Waals surface area contributed by atoms with Crippen molar-refractivity contribution in [2.75, 3.05) is 18.4 Å². The van der Waals surface area contributed by atoms with Crippen molar-refractivity contribution in [3.05, 3.63) is 35.9 Å². The van der Waals surface area contributed by atoms with Gasteiger partial charge in [-0.05, 0) is 38.1 Å². The highest BCUT2D eigenvalue weighted by Gasteiger charge is 2.44. The minimum absolute atomic E-state index is 0.0258. The first kappa shape index (κ1) is 20.8. The fourth-order valence-electron chi connectivity index (χ4n) is 4.54. The van der Waals surface area contributed by atoms with Crippen LogP contribution < -0.4 is 10.6 Å². The maximum Gasteiger partial charge on any atom is 0.252 e. The number of hydrogen-bond donors (Lipinski definition) is 2. The summed E-state index contributed by atoms with van der Waals surface area (Å²) in [6.45, 7) is 1.47. The van der Waals surface area contributed by atoms with Crippen LogP contribution in [0.5, 0.6) is 0 Å². The van der Waals surface area contributed by atoms with Gasteiger partial charge in [0.05, 0.1) is 17.5 Å². The largest absolute Gasteiger partial charge is 0.314 e. The fourth-order valence-corrected chi connectivity index (χ4v) is 4.54. The van der Waals surface area contributed by atoms with E-state index in [2.05, 4.69) is 25.7 Å². The van der Waals surface area contributed by atoms with Gasteiger partial charge in [-0.15, -0.1) is 0 Å². The number of hydrogen-bond acceptors (Lipinski definition) is 5. The SMILES string of the molecule is CC(F)(F)[C@@H]1CC(=O)Nc2ncnc(-c3nn([C@H]4CCNC[C@H]4F)c4ccc(F)cc34)c21. The minimum atomic E-state index is -3.24. The lowest BCUT2D eigenvalue weighted by Gasteiger charge is -2.30. The van der Waals surface area contributed by atoms with E-state index in [1.54, 1.807) is 0 Å². The molecule has 1 aromatic carbocycles. The molecule has 2 aromatic heterocycles. The highest BCUT2D eigenvalue weighted by molar-refractivity contribution is 5.98. The van der Waals surface area contributed by atoms with Gasteiger partial charge >= 0.3 is 0 Å². The number of alkyl halides is 3. The van der Waals surface area contributed by atoms with Crippen molar-refractivity contribution in [2.45, 2.75) is 43.8 Å². The van der Waals surface area contributed by atoms with E-state index in [1.165, 1.54) is 22.9 Å². The van der Waals surface area contributed by atoms with Gasteiger partial charge in [0, 0.05) is 23.9 Å². The van der Waals surface area contributed by atoms with E-state index in [1.807, 2.05) is 0 Å². The Morgan fingerprint density at radius 2 is 2.03 bits per heavy atom. The van der Waals surface area contributed by atoms with Gasteiger partial charge < -0.3 is 10.6 Å². The number of carbonyl (C=O) groups excluding carboxylic acids is 1. The molecule has 3 atom stereocenters. The molecule has 1 amide bonds. The number of rotatable bonds is 3. The average Bonchev–Trinajstić information content (AvgIpc) is 3.10. The molecule has 7 nitrogen and oxygen atoms in total. The number of carbonyl (C=O) groups is 1. The molecule has 2 aliphatic rings. The number of piperidine rings is 1. The molecule has 0 spiro atoms. The third-order valence-corrected chi connectivity index (χ3v) is 6.07. The normalized spacial score (nSPS) is 23.8. The molecule has 0 aliphatic carbocycles. The summed E-state index contributed by atoms with van der Waals surface area (Å²) in [5.74, 6) is -5.88. The molecule has 0 saturated carbocycles. The Bertz CT molecular complexity index is 1210. The summed E-state index contributed by atoms with van der Waals surface area (Å²) in [4.78, 5) is 20.2. The first-order valence-electron chi connectivity index (χ1n) is 10.3. The number of amides is 1. The topological polar surface area (TPSA) is 84.7 Å². The van der Waals surface area contributed by atoms with Crippen LogP contribution in [0.15, 0.2) is 24.5 Å². The van der Waals surface area contributed by atoms with Crippen molar-refractivity contribution in [1.29, 1.82) is 0 Å². The molecule has 32 heavy (non-hydrogen) atoms. The summed E-state index contributed by atoms with van der Waals surface area (Å²) >= 11 is 0. The van der Waals surface area contributed by atoms with E-state index in [-0.39, 0.29) is 29.3 Å². The van der Waals surface area contributed by atoms with E-state index in [9.17, 15) is 22.4 Å². The van der Waals surface area contributed by atoms with Crippen LogP contribution in [0.3, 0.4) is 0 Å². The van der Waals surface area contributed by atoms with Gasteiger partial charge in [0.2, 0.25) is 5.91 Å². The summed E-state index contributed by atoms with van der Waals surface area (Å²) in [6, 6.07) is 3.38. The summed E-state index contributed by atoms with van der Waals surface area (Å²) < 4.78 is 59.4. The van der Waals surface area contributed by atoms with E-state index < -0.39 is 42.2 Å². The lowest BCUT2D eigenvalue weighted by molar-refractivity contribution is -0.119. The van der Waals surface area contributed by atoms with Crippen molar-refractivity contribution < 1.29 is 22.4 Å². The van der Waals surface area contributed by atoms with Crippen molar-refractivity contribution in [2.24, 2.45) is 0 Å². The monoisotopic (exact) mass is 448 g/mol. The number of benzene rings is 1. The Morgan fingerprint density at radius 1 is 1.22 bits per heavy atom. The Morgan fingerprint density at radius 3 is 2.78 bits per heavy atom. The number of aromatic nitrogens is 4. The first-order valence-corrected chi connectivity index (χ1v) is 10.3. The van der Waals surface area contributed by atoms with Gasteiger partial charge in [-0.25, -0.2) is 27.5 Å². The minimum Gasteiger partial charge on any atom is -0.314 e. The number of nitrogens with one attached hydrogen (secondary N) is 2. The maximum absolute atomic E-state index is 14.7. The van der Waals surface area contributed by atoms with E-state index in [0.717, 1.165) is 13.3 Å². The van der Waals surface area contributed by atoms with Crippen molar-refractivity contribution in [3.8, 4) is 11.4 Å². The fraction of sp³-hybridized carbons (Fsp3) is 0.429. The van der Waals surface area contributed by atoms with E-state index in [4.69, 9.17) is 0 Å². The molecule has 2 N–H and O–H groups in total. The second kappa shape index (κ2) is 7.51. The molecular weight excluding hydrogens is 428 g/mol. The molecule has 5 rings (SSSR count). The summed E-state index contributed by atoms with van der Waals surface area (Å²) in [6.07, 6.45) is -0.0826. The Hall–Kier alpha value is -3.08. The zero-order chi connectivity index (χ0) is 22.6. The molecule has 0 unspecified atom stereocenters. The Labute approximate surface area is 180 Å². The van der Waals surface area contributed by atoms with Crippen LogP contribution in [0.1, 0.15) is 37.3 Å². The molecule has 168 valence electrons. The number of fused-ring (bicyclic) bond motifs is 2. The maximum atomic E-state index is 14.7. The van der Waals surface area contributed by atoms with Gasteiger partial charge in [-0.1, -0.05) is 0 Å². The predicted octanol–water partition coefficient (Wildman–Crippen LogP) is 3.59. The second-order valence-corrected chi connectivity index (χ2v) is 8.28. The summed E-state index contributed by atoms with van der Waals surface area (Å²) in [5, 5.41) is 10.4. The van der Waals surface area contributed by atoms with Gasteiger partial charge in [0.1, 0.15) is 35.5 Å². The van der Waals surface area contributed by atoms with Crippen LogP contribution in [-0.2, 0) is 4.79 Å². The molecule has 4 heterocycles. The second-order valence-electron chi connectivity index (χ2n) is 8.28. The highest BCUT2D eigenvalue weighted by Crippen LogP contribution is 2.46. The highest BCUT2D eigenvalue weighted by atomic mass is 19.3. The van der Waals surface area contributed by atoms with Gasteiger partial charge in [0.25, 0.3) is 5.92 Å². The molecule has 1 saturated heterocycles. The lowest BCUT2D eigenvalue weighted by atomic mass is 9.85. The zero-order valence-electron chi connectivity index (χ0n) is 17.1. The molecule has 2 aliphatic heterocycles. The van der Waals surface area contributed by atoms with Crippen LogP contribution in [0.25, 0.3) is 22.3 Å². The van der Waals surface area contributed by atoms with Crippen molar-refractivity contribution >= 4 is 22.6 Å². The summed E-state index contributed by atoms with van der Waals surface area (Å²) in [5.41, 5.74) is 0.731. The predicted molar refractivity (Wildman–Crippen MR) is 109 cm³/mol. The van der Waals surface area contributed by atoms with Crippen LogP contribution in [0.2, 0.25) is 0 Å². The smallest absolute Gasteiger partial charge is 0.252 e. The van der Waals surface area contributed by atoms with Gasteiger partial charge in [-0.2, -0.15) is 5.10 Å². The number of anilines is 1. The van der Waals surface area contributed by atoms with Crippen LogP contribution >= 0.6 is 0 Å².